The number of nitrogen functional groups attached to an aromatic ring is 1. The molecule has 0 saturated heterocycles. The zero-order chi connectivity index (χ0) is 13.1. The molecule has 1 aromatic rings. The summed E-state index contributed by atoms with van der Waals surface area (Å²) in [5.41, 5.74) is 6.60. The smallest absolute Gasteiger partial charge is 0.243 e. The summed E-state index contributed by atoms with van der Waals surface area (Å²) in [5.74, 6) is 0. The molecule has 0 radical (unpaired) electrons. The van der Waals surface area contributed by atoms with Crippen molar-refractivity contribution >= 4 is 15.7 Å². The summed E-state index contributed by atoms with van der Waals surface area (Å²) in [4.78, 5) is -0.0602. The van der Waals surface area contributed by atoms with Gasteiger partial charge in [0.2, 0.25) is 10.0 Å². The Kier molecular flexibility index (Phi) is 4.47. The van der Waals surface area contributed by atoms with Crippen LogP contribution in [0.3, 0.4) is 0 Å². The van der Waals surface area contributed by atoms with Crippen molar-refractivity contribution in [2.24, 2.45) is 0 Å². The molecule has 0 aliphatic rings. The van der Waals surface area contributed by atoms with Crippen LogP contribution in [0.5, 0.6) is 0 Å². The molecule has 0 heterocycles. The van der Waals surface area contributed by atoms with Crippen molar-refractivity contribution in [1.82, 2.24) is 4.72 Å². The molecule has 0 saturated carbocycles. The fourth-order valence-corrected chi connectivity index (χ4v) is 2.66. The third kappa shape index (κ3) is 3.40. The van der Waals surface area contributed by atoms with Crippen molar-refractivity contribution in [2.45, 2.75) is 17.9 Å². The van der Waals surface area contributed by atoms with Crippen LogP contribution in [0.2, 0.25) is 0 Å². The van der Waals surface area contributed by atoms with Crippen LogP contribution >= 0.6 is 0 Å². The number of nitrogens with one attached hydrogen (secondary N) is 1. The van der Waals surface area contributed by atoms with E-state index in [1.165, 1.54) is 6.07 Å². The third-order valence-electron chi connectivity index (χ3n) is 2.22. The number of aryl methyl sites for hydroxylation is 1. The molecule has 1 aromatic carbocycles. The first-order chi connectivity index (χ1) is 7.90. The number of sulfonamides is 1. The Morgan fingerprint density at radius 3 is 2.41 bits per heavy atom. The van der Waals surface area contributed by atoms with Crippen LogP contribution in [-0.2, 0) is 10.0 Å². The lowest BCUT2D eigenvalue weighted by molar-refractivity contribution is 0.185. The van der Waals surface area contributed by atoms with Crippen LogP contribution < -0.4 is 10.5 Å². The second kappa shape index (κ2) is 5.46. The van der Waals surface area contributed by atoms with Gasteiger partial charge in [0.05, 0.1) is 24.9 Å². The van der Waals surface area contributed by atoms with E-state index in [9.17, 15) is 8.42 Å². The topological polar surface area (TPSA) is 113 Å². The van der Waals surface area contributed by atoms with Crippen molar-refractivity contribution in [3.8, 4) is 0 Å². The van der Waals surface area contributed by atoms with Gasteiger partial charge in [-0.05, 0) is 24.6 Å². The van der Waals surface area contributed by atoms with E-state index in [0.717, 1.165) is 5.56 Å². The highest BCUT2D eigenvalue weighted by Crippen LogP contribution is 2.19. The maximum atomic E-state index is 11.9. The molecule has 6 nitrogen and oxygen atoms in total. The normalized spacial score (nSPS) is 12.0. The zero-order valence-corrected chi connectivity index (χ0v) is 10.2. The van der Waals surface area contributed by atoms with Crippen LogP contribution in [0.25, 0.3) is 0 Å². The number of benzene rings is 1. The number of aliphatic hydroxyl groups excluding tert-OH is 2. The molecule has 0 amide bonds. The monoisotopic (exact) mass is 260 g/mol. The van der Waals surface area contributed by atoms with Gasteiger partial charge in [-0.1, -0.05) is 6.07 Å². The highest BCUT2D eigenvalue weighted by atomic mass is 32.2. The summed E-state index contributed by atoms with van der Waals surface area (Å²) in [6, 6.07) is 3.62. The van der Waals surface area contributed by atoms with Crippen LogP contribution in [0.1, 0.15) is 5.56 Å². The molecule has 0 aliphatic heterocycles. The maximum absolute atomic E-state index is 11.9. The Balaban J connectivity index is 3.05. The minimum Gasteiger partial charge on any atom is -0.398 e. The molecule has 0 unspecified atom stereocenters. The number of rotatable bonds is 5. The van der Waals surface area contributed by atoms with Crippen LogP contribution in [0.4, 0.5) is 5.69 Å². The lowest BCUT2D eigenvalue weighted by Gasteiger charge is -2.15. The first-order valence-electron chi connectivity index (χ1n) is 5.01. The van der Waals surface area contributed by atoms with Crippen LogP contribution in [0.15, 0.2) is 23.1 Å². The predicted molar refractivity (Wildman–Crippen MR) is 63.9 cm³/mol. The second-order valence-corrected chi connectivity index (χ2v) is 5.41. The number of nitrogens with two attached hydrogens (primary N) is 1. The van der Waals surface area contributed by atoms with Gasteiger partial charge in [-0.25, -0.2) is 13.1 Å². The summed E-state index contributed by atoms with van der Waals surface area (Å²) in [6.07, 6.45) is 0. The number of aliphatic hydroxyl groups is 2. The van der Waals surface area contributed by atoms with Gasteiger partial charge in [0.15, 0.2) is 0 Å². The minimum absolute atomic E-state index is 0.0602. The predicted octanol–water partition coefficient (Wildman–Crippen LogP) is -0.791. The molecule has 1 rings (SSSR count). The quantitative estimate of drug-likeness (QED) is 0.518. The summed E-state index contributed by atoms with van der Waals surface area (Å²) >= 11 is 0. The first kappa shape index (κ1) is 13.9. The molecule has 7 heteroatoms. The van der Waals surface area contributed by atoms with Gasteiger partial charge >= 0.3 is 0 Å². The zero-order valence-electron chi connectivity index (χ0n) is 9.42. The Hall–Kier alpha value is -1.15. The average Bonchev–Trinajstić information content (AvgIpc) is 2.25. The summed E-state index contributed by atoms with van der Waals surface area (Å²) in [6.45, 7) is 0.827. The van der Waals surface area contributed by atoms with E-state index in [0.29, 0.717) is 0 Å². The number of hydrogen-bond donors (Lipinski definition) is 4. The van der Waals surface area contributed by atoms with Gasteiger partial charge in [-0.15, -0.1) is 0 Å². The molecule has 0 aromatic heterocycles. The molecule has 96 valence electrons. The summed E-state index contributed by atoms with van der Waals surface area (Å²) in [7, 11) is -3.83. The van der Waals surface area contributed by atoms with E-state index >= 15 is 0 Å². The Bertz CT molecular complexity index is 483. The molecule has 0 fully saturated rings. The highest BCUT2D eigenvalue weighted by Gasteiger charge is 2.21. The van der Waals surface area contributed by atoms with Gasteiger partial charge in [-0.2, -0.15) is 0 Å². The van der Waals surface area contributed by atoms with Gasteiger partial charge in [0, 0.05) is 0 Å². The van der Waals surface area contributed by atoms with Gasteiger partial charge in [0.1, 0.15) is 4.90 Å². The van der Waals surface area contributed by atoms with Crippen molar-refractivity contribution in [1.29, 1.82) is 0 Å². The number of hydrogen-bond acceptors (Lipinski definition) is 5. The van der Waals surface area contributed by atoms with E-state index in [-0.39, 0.29) is 10.6 Å². The minimum atomic E-state index is -3.83. The molecule has 17 heavy (non-hydrogen) atoms. The van der Waals surface area contributed by atoms with Gasteiger partial charge < -0.3 is 15.9 Å². The molecule has 0 spiro atoms. The first-order valence-corrected chi connectivity index (χ1v) is 6.49. The maximum Gasteiger partial charge on any atom is 0.243 e. The fraction of sp³-hybridized carbons (Fsp3) is 0.400. The molecule has 0 aliphatic carbocycles. The van der Waals surface area contributed by atoms with Crippen LogP contribution in [0, 0.1) is 6.92 Å². The Labute approximate surface area is 100 Å². The average molecular weight is 260 g/mol. The molecule has 5 N–H and O–H groups in total. The Morgan fingerprint density at radius 2 is 1.94 bits per heavy atom. The summed E-state index contributed by atoms with van der Waals surface area (Å²) < 4.78 is 25.9. The molecule has 0 atom stereocenters. The van der Waals surface area contributed by atoms with E-state index in [2.05, 4.69) is 4.72 Å². The van der Waals surface area contributed by atoms with E-state index < -0.39 is 29.3 Å². The second-order valence-electron chi connectivity index (χ2n) is 3.72. The third-order valence-corrected chi connectivity index (χ3v) is 3.81. The molecule has 0 bridgehead atoms. The Morgan fingerprint density at radius 1 is 1.35 bits per heavy atom. The van der Waals surface area contributed by atoms with Crippen molar-refractivity contribution in [3.63, 3.8) is 0 Å². The van der Waals surface area contributed by atoms with Gasteiger partial charge in [-0.3, -0.25) is 0 Å². The number of anilines is 1. The highest BCUT2D eigenvalue weighted by molar-refractivity contribution is 7.89. The van der Waals surface area contributed by atoms with Crippen molar-refractivity contribution in [3.05, 3.63) is 23.8 Å². The van der Waals surface area contributed by atoms with E-state index in [4.69, 9.17) is 15.9 Å². The standard InChI is InChI=1S/C10H16N2O4S/c1-7-2-3-10(9(11)4-7)17(15,16)12-8(5-13)6-14/h2-4,8,12-14H,5-6,11H2,1H3. The van der Waals surface area contributed by atoms with Gasteiger partial charge in [0.25, 0.3) is 0 Å². The SMILES string of the molecule is Cc1ccc(S(=O)(=O)NC(CO)CO)c(N)c1. The molecular weight excluding hydrogens is 244 g/mol. The summed E-state index contributed by atoms with van der Waals surface area (Å²) in [5, 5.41) is 17.7. The largest absolute Gasteiger partial charge is 0.398 e. The fourth-order valence-electron chi connectivity index (χ4n) is 1.33. The lowest BCUT2D eigenvalue weighted by Crippen LogP contribution is -2.40. The lowest BCUT2D eigenvalue weighted by atomic mass is 10.2. The molecular formula is C10H16N2O4S. The van der Waals surface area contributed by atoms with Crippen molar-refractivity contribution in [2.75, 3.05) is 18.9 Å². The van der Waals surface area contributed by atoms with E-state index in [1.807, 2.05) is 0 Å². The van der Waals surface area contributed by atoms with Crippen LogP contribution in [-0.4, -0.2) is 37.9 Å². The van der Waals surface area contributed by atoms with Crippen molar-refractivity contribution < 1.29 is 18.6 Å². The van der Waals surface area contributed by atoms with E-state index in [1.54, 1.807) is 19.1 Å².